The molecule has 1 aliphatic heterocycles. The number of nitrogens with one attached hydrogen (secondary N) is 1. The molecule has 1 fully saturated rings. The fourth-order valence-corrected chi connectivity index (χ4v) is 2.84. The van der Waals surface area contributed by atoms with Gasteiger partial charge in [0.2, 0.25) is 0 Å². The van der Waals surface area contributed by atoms with E-state index in [9.17, 15) is 8.42 Å². The Labute approximate surface area is 92.2 Å². The molecule has 1 heterocycles. The standard InChI is InChI=1S/C9H21N3O2S/c1-3-11-8(2)9-4-6-12(7-5-9)15(10,13)14/h8-9,11H,3-7H2,1-2H3,(H2,10,13,14). The summed E-state index contributed by atoms with van der Waals surface area (Å²) in [5.74, 6) is 0.558. The van der Waals surface area contributed by atoms with Gasteiger partial charge in [-0.2, -0.15) is 12.7 Å². The molecule has 0 amide bonds. The van der Waals surface area contributed by atoms with Crippen LogP contribution < -0.4 is 10.5 Å². The molecule has 0 aromatic heterocycles. The molecule has 1 atom stereocenters. The van der Waals surface area contributed by atoms with Crippen LogP contribution in [0.15, 0.2) is 0 Å². The molecular weight excluding hydrogens is 214 g/mol. The fraction of sp³-hybridized carbons (Fsp3) is 1.00. The minimum Gasteiger partial charge on any atom is -0.314 e. The molecule has 6 heteroatoms. The first-order valence-electron chi connectivity index (χ1n) is 5.46. The van der Waals surface area contributed by atoms with E-state index in [1.807, 2.05) is 0 Å². The summed E-state index contributed by atoms with van der Waals surface area (Å²) in [7, 11) is -3.47. The van der Waals surface area contributed by atoms with Gasteiger partial charge < -0.3 is 5.32 Å². The summed E-state index contributed by atoms with van der Waals surface area (Å²) in [5, 5.41) is 8.44. The highest BCUT2D eigenvalue weighted by molar-refractivity contribution is 7.86. The van der Waals surface area contributed by atoms with E-state index in [0.717, 1.165) is 19.4 Å². The monoisotopic (exact) mass is 235 g/mol. The van der Waals surface area contributed by atoms with Crippen LogP contribution in [0.25, 0.3) is 0 Å². The van der Waals surface area contributed by atoms with Crippen LogP contribution in [0.4, 0.5) is 0 Å². The number of nitrogens with zero attached hydrogens (tertiary/aromatic N) is 1. The van der Waals surface area contributed by atoms with Gasteiger partial charge in [0, 0.05) is 19.1 Å². The minimum atomic E-state index is -3.47. The first-order valence-corrected chi connectivity index (χ1v) is 6.96. The molecule has 3 N–H and O–H groups in total. The van der Waals surface area contributed by atoms with Crippen LogP contribution in [0.1, 0.15) is 26.7 Å². The Hall–Kier alpha value is -0.170. The molecule has 1 saturated heterocycles. The normalized spacial score (nSPS) is 22.9. The fourth-order valence-electron chi connectivity index (χ4n) is 2.12. The van der Waals surface area contributed by atoms with Crippen LogP contribution in [0.2, 0.25) is 0 Å². The van der Waals surface area contributed by atoms with Crippen LogP contribution in [-0.4, -0.2) is 38.4 Å². The van der Waals surface area contributed by atoms with Crippen molar-refractivity contribution in [2.24, 2.45) is 11.1 Å². The van der Waals surface area contributed by atoms with Crippen LogP contribution in [0.5, 0.6) is 0 Å². The lowest BCUT2D eigenvalue weighted by Crippen LogP contribution is -2.46. The lowest BCUT2D eigenvalue weighted by molar-refractivity contribution is 0.233. The van der Waals surface area contributed by atoms with E-state index in [1.54, 1.807) is 0 Å². The van der Waals surface area contributed by atoms with Gasteiger partial charge in [-0.15, -0.1) is 0 Å². The molecule has 0 aromatic carbocycles. The van der Waals surface area contributed by atoms with E-state index in [4.69, 9.17) is 5.14 Å². The Kier molecular flexibility index (Phi) is 4.51. The molecule has 0 aromatic rings. The Balaban J connectivity index is 2.42. The number of rotatable bonds is 4. The first-order chi connectivity index (χ1) is 6.95. The zero-order chi connectivity index (χ0) is 11.5. The molecule has 15 heavy (non-hydrogen) atoms. The highest BCUT2D eigenvalue weighted by Gasteiger charge is 2.27. The quantitative estimate of drug-likeness (QED) is 0.714. The second kappa shape index (κ2) is 5.25. The van der Waals surface area contributed by atoms with Crippen LogP contribution in [-0.2, 0) is 10.2 Å². The van der Waals surface area contributed by atoms with Gasteiger partial charge in [-0.05, 0) is 32.2 Å². The molecule has 1 aliphatic rings. The molecule has 0 radical (unpaired) electrons. The van der Waals surface area contributed by atoms with Crippen molar-refractivity contribution in [3.05, 3.63) is 0 Å². The molecule has 0 spiro atoms. The molecule has 0 saturated carbocycles. The van der Waals surface area contributed by atoms with Crippen molar-refractivity contribution < 1.29 is 8.42 Å². The maximum absolute atomic E-state index is 11.1. The molecule has 1 unspecified atom stereocenters. The number of nitrogens with two attached hydrogens (primary N) is 1. The Morgan fingerprint density at radius 1 is 1.47 bits per heavy atom. The second-order valence-electron chi connectivity index (χ2n) is 4.13. The average molecular weight is 235 g/mol. The van der Waals surface area contributed by atoms with E-state index in [1.165, 1.54) is 4.31 Å². The van der Waals surface area contributed by atoms with Gasteiger partial charge >= 0.3 is 0 Å². The predicted octanol–water partition coefficient (Wildman–Crippen LogP) is -0.100. The zero-order valence-electron chi connectivity index (χ0n) is 9.44. The van der Waals surface area contributed by atoms with E-state index < -0.39 is 10.2 Å². The second-order valence-corrected chi connectivity index (χ2v) is 5.67. The van der Waals surface area contributed by atoms with Crippen molar-refractivity contribution in [1.82, 2.24) is 9.62 Å². The molecule has 1 rings (SSSR count). The molecule has 5 nitrogen and oxygen atoms in total. The highest BCUT2D eigenvalue weighted by atomic mass is 32.2. The predicted molar refractivity (Wildman–Crippen MR) is 60.5 cm³/mol. The number of hydrogen-bond acceptors (Lipinski definition) is 3. The lowest BCUT2D eigenvalue weighted by Gasteiger charge is -2.33. The van der Waals surface area contributed by atoms with E-state index in [0.29, 0.717) is 25.0 Å². The van der Waals surface area contributed by atoms with Gasteiger partial charge in [0.25, 0.3) is 10.2 Å². The van der Waals surface area contributed by atoms with Crippen molar-refractivity contribution in [3.63, 3.8) is 0 Å². The Morgan fingerprint density at radius 2 is 2.00 bits per heavy atom. The summed E-state index contributed by atoms with van der Waals surface area (Å²) in [4.78, 5) is 0. The average Bonchev–Trinajstić information content (AvgIpc) is 2.17. The van der Waals surface area contributed by atoms with Crippen molar-refractivity contribution >= 4 is 10.2 Å². The number of hydrogen-bond donors (Lipinski definition) is 2. The minimum absolute atomic E-state index is 0.456. The third kappa shape index (κ3) is 3.71. The summed E-state index contributed by atoms with van der Waals surface area (Å²) in [6.07, 6.45) is 1.79. The SMILES string of the molecule is CCNC(C)C1CCN(S(N)(=O)=O)CC1. The van der Waals surface area contributed by atoms with Gasteiger partial charge in [-0.3, -0.25) is 0 Å². The highest BCUT2D eigenvalue weighted by Crippen LogP contribution is 2.21. The zero-order valence-corrected chi connectivity index (χ0v) is 10.3. The maximum Gasteiger partial charge on any atom is 0.276 e. The summed E-state index contributed by atoms with van der Waals surface area (Å²) < 4.78 is 23.5. The first kappa shape index (κ1) is 12.9. The summed E-state index contributed by atoms with van der Waals surface area (Å²) >= 11 is 0. The topological polar surface area (TPSA) is 75.4 Å². The molecule has 0 aliphatic carbocycles. The largest absolute Gasteiger partial charge is 0.314 e. The van der Waals surface area contributed by atoms with Gasteiger partial charge in [0.15, 0.2) is 0 Å². The van der Waals surface area contributed by atoms with Crippen molar-refractivity contribution in [2.45, 2.75) is 32.7 Å². The lowest BCUT2D eigenvalue weighted by atomic mass is 9.91. The Morgan fingerprint density at radius 3 is 2.40 bits per heavy atom. The number of piperidine rings is 1. The smallest absolute Gasteiger partial charge is 0.276 e. The van der Waals surface area contributed by atoms with Gasteiger partial charge in [0.1, 0.15) is 0 Å². The van der Waals surface area contributed by atoms with Crippen molar-refractivity contribution in [1.29, 1.82) is 0 Å². The van der Waals surface area contributed by atoms with Crippen molar-refractivity contribution in [3.8, 4) is 0 Å². The van der Waals surface area contributed by atoms with Crippen molar-refractivity contribution in [2.75, 3.05) is 19.6 Å². The Bertz CT molecular complexity index is 284. The van der Waals surface area contributed by atoms with Crippen LogP contribution >= 0.6 is 0 Å². The van der Waals surface area contributed by atoms with Crippen LogP contribution in [0, 0.1) is 5.92 Å². The molecule has 0 bridgehead atoms. The molecular formula is C9H21N3O2S. The van der Waals surface area contributed by atoms with E-state index >= 15 is 0 Å². The molecule has 90 valence electrons. The summed E-state index contributed by atoms with van der Waals surface area (Å²) in [6, 6.07) is 0.456. The third-order valence-corrected chi connectivity index (χ3v) is 4.18. The van der Waals surface area contributed by atoms with Gasteiger partial charge in [0.05, 0.1) is 0 Å². The van der Waals surface area contributed by atoms with Crippen LogP contribution in [0.3, 0.4) is 0 Å². The summed E-state index contributed by atoms with van der Waals surface area (Å²) in [5.41, 5.74) is 0. The van der Waals surface area contributed by atoms with Gasteiger partial charge in [-0.25, -0.2) is 5.14 Å². The van der Waals surface area contributed by atoms with Gasteiger partial charge in [-0.1, -0.05) is 6.92 Å². The summed E-state index contributed by atoms with van der Waals surface area (Å²) in [6.45, 7) is 6.30. The third-order valence-electron chi connectivity index (χ3n) is 3.09. The van der Waals surface area contributed by atoms with E-state index in [2.05, 4.69) is 19.2 Å². The van der Waals surface area contributed by atoms with E-state index in [-0.39, 0.29) is 0 Å². The maximum atomic E-state index is 11.1.